The number of nitriles is 1. The smallest absolute Gasteiger partial charge is 0.266 e. The third kappa shape index (κ3) is 4.81. The highest BCUT2D eigenvalue weighted by Gasteiger charge is 2.17. The molecule has 1 amide bonds. The van der Waals surface area contributed by atoms with Gasteiger partial charge in [-0.3, -0.25) is 9.59 Å². The number of piperidine rings is 1. The Kier molecular flexibility index (Phi) is 7.27. The van der Waals surface area contributed by atoms with Gasteiger partial charge in [0.1, 0.15) is 11.6 Å². The van der Waals surface area contributed by atoms with Crippen molar-refractivity contribution >= 4 is 18.3 Å². The number of hydrogen-bond acceptors (Lipinski definition) is 4. The lowest BCUT2D eigenvalue weighted by atomic mass is 9.98. The van der Waals surface area contributed by atoms with Crippen molar-refractivity contribution < 1.29 is 4.79 Å². The van der Waals surface area contributed by atoms with Crippen molar-refractivity contribution in [3.63, 3.8) is 0 Å². The van der Waals surface area contributed by atoms with Gasteiger partial charge < -0.3 is 15.6 Å². The van der Waals surface area contributed by atoms with E-state index >= 15 is 0 Å². The maximum absolute atomic E-state index is 12.1. The van der Waals surface area contributed by atoms with Crippen molar-refractivity contribution in [1.29, 1.82) is 5.26 Å². The summed E-state index contributed by atoms with van der Waals surface area (Å²) in [5.74, 6) is 0.0113. The van der Waals surface area contributed by atoms with E-state index in [9.17, 15) is 9.59 Å². The molecule has 1 fully saturated rings. The molecule has 1 atom stereocenters. The van der Waals surface area contributed by atoms with Gasteiger partial charge in [0.2, 0.25) is 5.91 Å². The highest BCUT2D eigenvalue weighted by molar-refractivity contribution is 5.85. The van der Waals surface area contributed by atoms with Crippen LogP contribution >= 0.6 is 12.4 Å². The Morgan fingerprint density at radius 3 is 2.78 bits per heavy atom. The van der Waals surface area contributed by atoms with Crippen molar-refractivity contribution in [3.8, 4) is 6.07 Å². The van der Waals surface area contributed by atoms with Gasteiger partial charge in [-0.25, -0.2) is 0 Å². The molecule has 3 N–H and O–H groups in total. The van der Waals surface area contributed by atoms with Crippen LogP contribution in [0.15, 0.2) is 4.79 Å². The van der Waals surface area contributed by atoms with E-state index < -0.39 is 0 Å². The number of halogens is 1. The van der Waals surface area contributed by atoms with E-state index in [1.807, 2.05) is 6.07 Å². The van der Waals surface area contributed by atoms with Crippen molar-refractivity contribution in [3.05, 3.63) is 32.7 Å². The van der Waals surface area contributed by atoms with Crippen LogP contribution in [0.5, 0.6) is 0 Å². The van der Waals surface area contributed by atoms with Crippen molar-refractivity contribution in [2.75, 3.05) is 13.1 Å². The number of nitrogens with zero attached hydrogens (tertiary/aromatic N) is 1. The van der Waals surface area contributed by atoms with Gasteiger partial charge in [-0.15, -0.1) is 12.4 Å². The third-order valence-electron chi connectivity index (χ3n) is 4.18. The molecule has 0 aromatic carbocycles. The zero-order chi connectivity index (χ0) is 16.1. The molecule has 0 aliphatic carbocycles. The summed E-state index contributed by atoms with van der Waals surface area (Å²) >= 11 is 0. The summed E-state index contributed by atoms with van der Waals surface area (Å²) in [6.45, 7) is 5.40. The molecular formula is C16H23ClN4O2. The van der Waals surface area contributed by atoms with Crippen LogP contribution in [-0.2, 0) is 11.2 Å². The zero-order valence-electron chi connectivity index (χ0n) is 13.5. The fourth-order valence-electron chi connectivity index (χ4n) is 2.93. The molecule has 1 aromatic heterocycles. The van der Waals surface area contributed by atoms with Crippen LogP contribution in [0.25, 0.3) is 0 Å². The lowest BCUT2D eigenvalue weighted by Gasteiger charge is -2.23. The van der Waals surface area contributed by atoms with Crippen LogP contribution in [0.3, 0.4) is 0 Å². The Hall–Kier alpha value is -1.84. The number of nitrogens with one attached hydrogen (secondary N) is 3. The van der Waals surface area contributed by atoms with E-state index in [1.54, 1.807) is 13.8 Å². The summed E-state index contributed by atoms with van der Waals surface area (Å²) < 4.78 is 0. The molecule has 23 heavy (non-hydrogen) atoms. The van der Waals surface area contributed by atoms with E-state index in [-0.39, 0.29) is 35.5 Å². The molecule has 6 nitrogen and oxygen atoms in total. The molecule has 0 saturated carbocycles. The molecule has 1 saturated heterocycles. The summed E-state index contributed by atoms with van der Waals surface area (Å²) in [6, 6.07) is 2.13. The molecule has 2 rings (SSSR count). The van der Waals surface area contributed by atoms with Crippen molar-refractivity contribution in [1.82, 2.24) is 15.6 Å². The molecule has 1 aliphatic heterocycles. The molecule has 0 radical (unpaired) electrons. The lowest BCUT2D eigenvalue weighted by molar-refractivity contribution is -0.121. The maximum atomic E-state index is 12.1. The van der Waals surface area contributed by atoms with E-state index in [0.717, 1.165) is 37.2 Å². The fraction of sp³-hybridized carbons (Fsp3) is 0.562. The Morgan fingerprint density at radius 2 is 2.17 bits per heavy atom. The van der Waals surface area contributed by atoms with Gasteiger partial charge in [-0.1, -0.05) is 0 Å². The van der Waals surface area contributed by atoms with E-state index in [2.05, 4.69) is 15.6 Å². The normalized spacial score (nSPS) is 17.0. The summed E-state index contributed by atoms with van der Waals surface area (Å²) in [7, 11) is 0. The minimum Gasteiger partial charge on any atom is -0.352 e. The average Bonchev–Trinajstić information content (AvgIpc) is 2.48. The number of hydrogen-bond donors (Lipinski definition) is 3. The van der Waals surface area contributed by atoms with Gasteiger partial charge in [0.25, 0.3) is 5.56 Å². The standard InChI is InChI=1S/C16H22N4O2.ClH/c1-10-13(11(2)19-16(22)14(10)8-17)5-6-15(21)20-12-4-3-7-18-9-12;/h12,18H,3-7,9H2,1-2H3,(H,19,22)(H,20,21);1H/t12-;/m0./s1. The second-order valence-electron chi connectivity index (χ2n) is 5.78. The molecule has 0 spiro atoms. The molecule has 1 aliphatic rings. The van der Waals surface area contributed by atoms with E-state index in [4.69, 9.17) is 5.26 Å². The van der Waals surface area contributed by atoms with Gasteiger partial charge in [-0.2, -0.15) is 5.26 Å². The zero-order valence-corrected chi connectivity index (χ0v) is 14.3. The molecule has 0 unspecified atom stereocenters. The molecular weight excluding hydrogens is 316 g/mol. The number of aromatic amines is 1. The van der Waals surface area contributed by atoms with Crippen LogP contribution in [0.1, 0.15) is 41.6 Å². The van der Waals surface area contributed by atoms with Crippen LogP contribution in [-0.4, -0.2) is 30.0 Å². The van der Waals surface area contributed by atoms with Gasteiger partial charge in [0, 0.05) is 24.7 Å². The number of amides is 1. The molecule has 0 bridgehead atoms. The van der Waals surface area contributed by atoms with Gasteiger partial charge in [0.15, 0.2) is 0 Å². The number of carbonyl (C=O) groups is 1. The SMILES string of the molecule is Cc1[nH]c(=O)c(C#N)c(C)c1CCC(=O)N[C@H]1CCCNC1.Cl. The van der Waals surface area contributed by atoms with Gasteiger partial charge in [0.05, 0.1) is 0 Å². The Labute approximate surface area is 142 Å². The minimum atomic E-state index is -0.362. The molecule has 1 aromatic rings. The van der Waals surface area contributed by atoms with Crippen molar-refractivity contribution in [2.45, 2.75) is 45.6 Å². The second kappa shape index (κ2) is 8.70. The molecule has 126 valence electrons. The second-order valence-corrected chi connectivity index (χ2v) is 5.78. The molecule has 7 heteroatoms. The number of carbonyl (C=O) groups excluding carboxylic acids is 1. The van der Waals surface area contributed by atoms with Crippen LogP contribution in [0.2, 0.25) is 0 Å². The monoisotopic (exact) mass is 338 g/mol. The lowest BCUT2D eigenvalue weighted by Crippen LogP contribution is -2.45. The minimum absolute atomic E-state index is 0. The maximum Gasteiger partial charge on any atom is 0.266 e. The average molecular weight is 339 g/mol. The van der Waals surface area contributed by atoms with E-state index in [1.165, 1.54) is 0 Å². The first-order chi connectivity index (χ1) is 10.5. The number of aromatic nitrogens is 1. The van der Waals surface area contributed by atoms with Crippen LogP contribution in [0, 0.1) is 25.2 Å². The Balaban J connectivity index is 0.00000264. The summed E-state index contributed by atoms with van der Waals surface area (Å²) in [5, 5.41) is 15.3. The third-order valence-corrected chi connectivity index (χ3v) is 4.18. The van der Waals surface area contributed by atoms with Crippen molar-refractivity contribution in [2.24, 2.45) is 0 Å². The fourth-order valence-corrected chi connectivity index (χ4v) is 2.93. The first kappa shape index (κ1) is 19.2. The van der Waals surface area contributed by atoms with Crippen LogP contribution in [0.4, 0.5) is 0 Å². The summed E-state index contributed by atoms with van der Waals surface area (Å²) in [4.78, 5) is 26.4. The van der Waals surface area contributed by atoms with E-state index in [0.29, 0.717) is 18.4 Å². The first-order valence-corrected chi connectivity index (χ1v) is 7.65. The predicted molar refractivity (Wildman–Crippen MR) is 90.9 cm³/mol. The number of aryl methyl sites for hydroxylation is 1. The number of H-pyrrole nitrogens is 1. The van der Waals surface area contributed by atoms with Crippen LogP contribution < -0.4 is 16.2 Å². The van der Waals surface area contributed by atoms with Gasteiger partial charge >= 0.3 is 0 Å². The first-order valence-electron chi connectivity index (χ1n) is 7.65. The Bertz CT molecular complexity index is 657. The highest BCUT2D eigenvalue weighted by Crippen LogP contribution is 2.15. The largest absolute Gasteiger partial charge is 0.352 e. The topological polar surface area (TPSA) is 97.8 Å². The number of rotatable bonds is 4. The Morgan fingerprint density at radius 1 is 1.43 bits per heavy atom. The summed E-state index contributed by atoms with van der Waals surface area (Å²) in [6.07, 6.45) is 2.97. The molecule has 2 heterocycles. The quantitative estimate of drug-likeness (QED) is 0.765. The van der Waals surface area contributed by atoms with Gasteiger partial charge in [-0.05, 0) is 50.8 Å². The highest BCUT2D eigenvalue weighted by atomic mass is 35.5. The predicted octanol–water partition coefficient (Wildman–Crippen LogP) is 1.09. The number of pyridine rings is 1. The summed E-state index contributed by atoms with van der Waals surface area (Å²) in [5.41, 5.74) is 2.06.